The van der Waals surface area contributed by atoms with Gasteiger partial charge in [-0.3, -0.25) is 9.36 Å². The molecule has 0 aliphatic heterocycles. The highest BCUT2D eigenvalue weighted by Crippen LogP contribution is 2.27. The van der Waals surface area contributed by atoms with Gasteiger partial charge in [0.05, 0.1) is 25.6 Å². The van der Waals surface area contributed by atoms with E-state index in [1.165, 1.54) is 18.4 Å². The first-order chi connectivity index (χ1) is 17.0. The lowest BCUT2D eigenvalue weighted by atomic mass is 10.0. The summed E-state index contributed by atoms with van der Waals surface area (Å²) in [6.45, 7) is 7.28. The fourth-order valence-corrected chi connectivity index (χ4v) is 3.98. The standard InChI is InChI=1S/C26H31ClN4O5/c1-15(2)12-19-8-11-21(13-22(19)36-5)28-24-29-25(34)31(17(4)16(3)23(32)33)26(35)30(24)14-18-6-9-20(27)10-7-18/h6-11,13,15-17H,12,14H2,1-5H3,(H,32,33)(H,28,29,34)/t16-,17+/m1/s1. The molecule has 0 bridgehead atoms. The number of hydrogen-bond donors (Lipinski definition) is 2. The van der Waals surface area contributed by atoms with Crippen LogP contribution in [0.25, 0.3) is 0 Å². The van der Waals surface area contributed by atoms with Gasteiger partial charge in [-0.05, 0) is 55.5 Å². The maximum atomic E-state index is 13.5. The minimum atomic E-state index is -1.12. The summed E-state index contributed by atoms with van der Waals surface area (Å²) in [5.74, 6) is -0.944. The molecule has 2 N–H and O–H groups in total. The van der Waals surface area contributed by atoms with E-state index >= 15 is 0 Å². The van der Waals surface area contributed by atoms with Crippen LogP contribution in [0.2, 0.25) is 5.02 Å². The molecule has 0 radical (unpaired) electrons. The Kier molecular flexibility index (Phi) is 8.57. The molecule has 0 unspecified atom stereocenters. The minimum Gasteiger partial charge on any atom is -0.496 e. The summed E-state index contributed by atoms with van der Waals surface area (Å²) in [5, 5.41) is 13.0. The number of nitrogens with zero attached hydrogens (tertiary/aromatic N) is 3. The van der Waals surface area contributed by atoms with Crippen LogP contribution >= 0.6 is 11.6 Å². The van der Waals surface area contributed by atoms with Crippen LogP contribution in [0.4, 0.5) is 11.6 Å². The molecule has 0 spiro atoms. The van der Waals surface area contributed by atoms with Crippen LogP contribution in [-0.2, 0) is 17.8 Å². The van der Waals surface area contributed by atoms with Gasteiger partial charge < -0.3 is 15.2 Å². The molecule has 10 heteroatoms. The average Bonchev–Trinajstić information content (AvgIpc) is 2.82. The van der Waals surface area contributed by atoms with E-state index in [0.29, 0.717) is 22.4 Å². The Hall–Kier alpha value is -3.59. The first-order valence-electron chi connectivity index (χ1n) is 11.7. The molecule has 1 aromatic heterocycles. The van der Waals surface area contributed by atoms with Crippen LogP contribution in [0, 0.1) is 11.8 Å². The third-order valence-corrected chi connectivity index (χ3v) is 6.30. The van der Waals surface area contributed by atoms with Gasteiger partial charge in [-0.15, -0.1) is 0 Å². The van der Waals surface area contributed by atoms with Gasteiger partial charge in [0.1, 0.15) is 5.75 Å². The van der Waals surface area contributed by atoms with E-state index in [-0.39, 0.29) is 12.5 Å². The number of rotatable bonds is 10. The van der Waals surface area contributed by atoms with Crippen molar-refractivity contribution in [2.75, 3.05) is 12.4 Å². The van der Waals surface area contributed by atoms with Crippen molar-refractivity contribution in [2.24, 2.45) is 11.8 Å². The number of carbonyl (C=O) groups is 1. The molecule has 3 rings (SSSR count). The average molecular weight is 515 g/mol. The second kappa shape index (κ2) is 11.4. The number of nitrogens with one attached hydrogen (secondary N) is 1. The molecule has 0 saturated heterocycles. The number of anilines is 2. The number of ether oxygens (including phenoxy) is 1. The van der Waals surface area contributed by atoms with E-state index in [1.54, 1.807) is 37.4 Å². The van der Waals surface area contributed by atoms with Crippen molar-refractivity contribution in [1.82, 2.24) is 14.1 Å². The highest BCUT2D eigenvalue weighted by atomic mass is 35.5. The maximum Gasteiger partial charge on any atom is 0.355 e. The third kappa shape index (κ3) is 6.15. The number of carboxylic acid groups (broad SMARTS) is 1. The lowest BCUT2D eigenvalue weighted by Gasteiger charge is -2.21. The highest BCUT2D eigenvalue weighted by Gasteiger charge is 2.26. The molecule has 2 aromatic carbocycles. The Labute approximate surface area is 214 Å². The SMILES string of the molecule is COc1cc(Nc2nc(=O)n([C@@H](C)[C@@H](C)C(=O)O)c(=O)n2Cc2ccc(Cl)cc2)ccc1CC(C)C. The quantitative estimate of drug-likeness (QED) is 0.413. The Balaban J connectivity index is 2.11. The summed E-state index contributed by atoms with van der Waals surface area (Å²) < 4.78 is 7.74. The molecule has 0 aliphatic rings. The van der Waals surface area contributed by atoms with E-state index in [0.717, 1.165) is 22.1 Å². The van der Waals surface area contributed by atoms with E-state index in [2.05, 4.69) is 24.1 Å². The molecule has 2 atom stereocenters. The second-order valence-corrected chi connectivity index (χ2v) is 9.64. The summed E-state index contributed by atoms with van der Waals surface area (Å²) in [4.78, 5) is 42.1. The third-order valence-electron chi connectivity index (χ3n) is 6.05. The van der Waals surface area contributed by atoms with Gasteiger partial charge >= 0.3 is 17.3 Å². The van der Waals surface area contributed by atoms with Gasteiger partial charge in [0, 0.05) is 16.8 Å². The minimum absolute atomic E-state index is 0.0324. The maximum absolute atomic E-state index is 13.5. The van der Waals surface area contributed by atoms with E-state index in [1.807, 2.05) is 12.1 Å². The van der Waals surface area contributed by atoms with E-state index in [9.17, 15) is 19.5 Å². The van der Waals surface area contributed by atoms with Crippen molar-refractivity contribution < 1.29 is 14.6 Å². The molecule has 0 fully saturated rings. The molecule has 0 aliphatic carbocycles. The van der Waals surface area contributed by atoms with Crippen LogP contribution in [0.15, 0.2) is 52.1 Å². The zero-order valence-corrected chi connectivity index (χ0v) is 21.7. The van der Waals surface area contributed by atoms with Gasteiger partial charge in [-0.25, -0.2) is 14.2 Å². The molecule has 3 aromatic rings. The summed E-state index contributed by atoms with van der Waals surface area (Å²) in [6, 6.07) is 11.6. The largest absolute Gasteiger partial charge is 0.496 e. The van der Waals surface area contributed by atoms with Gasteiger partial charge in [0.15, 0.2) is 0 Å². The number of carboxylic acids is 1. The summed E-state index contributed by atoms with van der Waals surface area (Å²) in [5.41, 5.74) is 0.868. The molecule has 0 saturated carbocycles. The van der Waals surface area contributed by atoms with Gasteiger partial charge in [0.25, 0.3) is 0 Å². The van der Waals surface area contributed by atoms with Crippen molar-refractivity contribution >= 4 is 29.2 Å². The van der Waals surface area contributed by atoms with Crippen LogP contribution in [-0.4, -0.2) is 32.3 Å². The fourth-order valence-electron chi connectivity index (χ4n) is 3.86. The van der Waals surface area contributed by atoms with Gasteiger partial charge in [-0.2, -0.15) is 4.98 Å². The molecule has 192 valence electrons. The molecule has 1 heterocycles. The first kappa shape index (κ1) is 27.0. The lowest BCUT2D eigenvalue weighted by molar-refractivity contribution is -0.142. The predicted octanol–water partition coefficient (Wildman–Crippen LogP) is 4.34. The normalized spacial score (nSPS) is 12.9. The predicted molar refractivity (Wildman–Crippen MR) is 140 cm³/mol. The van der Waals surface area contributed by atoms with Crippen molar-refractivity contribution in [3.05, 3.63) is 79.6 Å². The van der Waals surface area contributed by atoms with Crippen LogP contribution in [0.5, 0.6) is 5.75 Å². The molecule has 0 amide bonds. The smallest absolute Gasteiger partial charge is 0.355 e. The Morgan fingerprint density at radius 1 is 1.11 bits per heavy atom. The molecule has 36 heavy (non-hydrogen) atoms. The summed E-state index contributed by atoms with van der Waals surface area (Å²) in [6.07, 6.45) is 0.832. The number of hydrogen-bond acceptors (Lipinski definition) is 6. The second-order valence-electron chi connectivity index (χ2n) is 9.20. The molecular weight excluding hydrogens is 484 g/mol. The number of benzene rings is 2. The van der Waals surface area contributed by atoms with Gasteiger partial charge in [-0.1, -0.05) is 43.6 Å². The van der Waals surface area contributed by atoms with E-state index in [4.69, 9.17) is 16.3 Å². The van der Waals surface area contributed by atoms with E-state index < -0.39 is 29.3 Å². The number of aromatic nitrogens is 3. The molecular formula is C26H31ClN4O5. The lowest BCUT2D eigenvalue weighted by Crippen LogP contribution is -2.46. The zero-order chi connectivity index (χ0) is 26.6. The number of halogens is 1. The van der Waals surface area contributed by atoms with Crippen LogP contribution in [0.3, 0.4) is 0 Å². The zero-order valence-electron chi connectivity index (χ0n) is 21.0. The van der Waals surface area contributed by atoms with Crippen molar-refractivity contribution in [2.45, 2.75) is 46.7 Å². The van der Waals surface area contributed by atoms with Gasteiger partial charge in [0.2, 0.25) is 5.95 Å². The Morgan fingerprint density at radius 3 is 2.36 bits per heavy atom. The summed E-state index contributed by atoms with van der Waals surface area (Å²) >= 11 is 6.00. The molecule has 9 nitrogen and oxygen atoms in total. The van der Waals surface area contributed by atoms with Crippen molar-refractivity contribution in [1.29, 1.82) is 0 Å². The first-order valence-corrected chi connectivity index (χ1v) is 12.0. The Morgan fingerprint density at radius 2 is 1.78 bits per heavy atom. The Bertz CT molecular complexity index is 1350. The summed E-state index contributed by atoms with van der Waals surface area (Å²) in [7, 11) is 1.59. The van der Waals surface area contributed by atoms with Crippen molar-refractivity contribution in [3.63, 3.8) is 0 Å². The van der Waals surface area contributed by atoms with Crippen molar-refractivity contribution in [3.8, 4) is 5.75 Å². The topological polar surface area (TPSA) is 115 Å². The van der Waals surface area contributed by atoms with Crippen LogP contribution < -0.4 is 21.4 Å². The fraction of sp³-hybridized carbons (Fsp3) is 0.385. The number of methoxy groups -OCH3 is 1. The highest BCUT2D eigenvalue weighted by molar-refractivity contribution is 6.30. The monoisotopic (exact) mass is 514 g/mol. The van der Waals surface area contributed by atoms with Crippen LogP contribution in [0.1, 0.15) is 44.9 Å². The number of aliphatic carboxylic acids is 1.